The van der Waals surface area contributed by atoms with Gasteiger partial charge in [0.2, 0.25) is 5.55 Å². The molecule has 0 saturated carbocycles. The van der Waals surface area contributed by atoms with Gasteiger partial charge in [0.25, 0.3) is 5.91 Å². The average Bonchev–Trinajstić information content (AvgIpc) is 2.83. The minimum Gasteiger partial charge on any atom is -0.490 e. The van der Waals surface area contributed by atoms with Gasteiger partial charge in [0.1, 0.15) is 5.56 Å². The second-order valence-corrected chi connectivity index (χ2v) is 7.79. The first-order chi connectivity index (χ1) is 16.4. The number of carboxylic acids is 1. The van der Waals surface area contributed by atoms with Gasteiger partial charge in [0.05, 0.1) is 17.9 Å². The number of rotatable bonds is 7. The summed E-state index contributed by atoms with van der Waals surface area (Å²) in [6, 6.07) is 20.3. The Kier molecular flexibility index (Phi) is 6.94. The maximum atomic E-state index is 13.1. The van der Waals surface area contributed by atoms with E-state index in [-0.39, 0.29) is 29.1 Å². The maximum Gasteiger partial charge on any atom is 0.335 e. The summed E-state index contributed by atoms with van der Waals surface area (Å²) in [5, 5.41) is 13.3. The summed E-state index contributed by atoms with van der Waals surface area (Å²) in [6.45, 7) is 2.58. The van der Waals surface area contributed by atoms with E-state index in [9.17, 15) is 9.59 Å². The van der Waals surface area contributed by atoms with Crippen molar-refractivity contribution in [1.29, 1.82) is 0 Å². The second-order valence-electron chi connectivity index (χ2n) is 7.35. The van der Waals surface area contributed by atoms with Crippen LogP contribution in [-0.2, 0) is 6.54 Å². The lowest BCUT2D eigenvalue weighted by molar-refractivity contribution is 0.0696. The smallest absolute Gasteiger partial charge is 0.335 e. The first-order valence-corrected chi connectivity index (χ1v) is 10.9. The molecule has 2 N–H and O–H groups in total. The van der Waals surface area contributed by atoms with Gasteiger partial charge in [-0.05, 0) is 61.0 Å². The van der Waals surface area contributed by atoms with Crippen molar-refractivity contribution in [3.63, 3.8) is 0 Å². The van der Waals surface area contributed by atoms with E-state index in [0.717, 1.165) is 5.56 Å². The molecule has 0 aliphatic heterocycles. The highest BCUT2D eigenvalue weighted by atomic mass is 35.5. The van der Waals surface area contributed by atoms with Crippen LogP contribution in [0.15, 0.2) is 82.2 Å². The summed E-state index contributed by atoms with van der Waals surface area (Å²) < 4.78 is 11.7. The van der Waals surface area contributed by atoms with Gasteiger partial charge in [-0.3, -0.25) is 4.79 Å². The van der Waals surface area contributed by atoms with E-state index < -0.39 is 5.97 Å². The zero-order valence-electron chi connectivity index (χ0n) is 18.2. The average molecular weight is 477 g/mol. The molecule has 7 nitrogen and oxygen atoms in total. The molecule has 0 fully saturated rings. The molecule has 0 spiro atoms. The molecule has 34 heavy (non-hydrogen) atoms. The summed E-state index contributed by atoms with van der Waals surface area (Å²) in [4.78, 5) is 28.8. The highest BCUT2D eigenvalue weighted by Crippen LogP contribution is 2.25. The number of carboxylic acid groups (broad SMARTS) is 1. The Morgan fingerprint density at radius 3 is 2.53 bits per heavy atom. The van der Waals surface area contributed by atoms with E-state index >= 15 is 0 Å². The Balaban J connectivity index is 1.78. The third-order valence-corrected chi connectivity index (χ3v) is 5.20. The van der Waals surface area contributed by atoms with Crippen molar-refractivity contribution in [3.05, 3.63) is 100 Å². The fourth-order valence-corrected chi connectivity index (χ4v) is 3.57. The summed E-state index contributed by atoms with van der Waals surface area (Å²) in [5.41, 5.74) is 2.17. The molecule has 0 saturated heterocycles. The molecule has 1 amide bonds. The van der Waals surface area contributed by atoms with E-state index in [1.54, 1.807) is 36.4 Å². The van der Waals surface area contributed by atoms with Crippen LogP contribution in [0.5, 0.6) is 5.75 Å². The van der Waals surface area contributed by atoms with E-state index in [4.69, 9.17) is 25.9 Å². The molecule has 172 valence electrons. The van der Waals surface area contributed by atoms with Gasteiger partial charge in [-0.2, -0.15) is 0 Å². The standard InChI is InChI=1S/C26H21ClN2O5/c1-2-33-22-8-4-6-18-14-21(24(30)28-15-16-5-3-7-19(27)13-16)25(34-23(18)22)29-20-11-9-17(10-12-20)26(31)32/h3-14H,2,15H2,1H3,(H,28,30)(H,31,32). The number of hydrogen-bond acceptors (Lipinski definition) is 5. The summed E-state index contributed by atoms with van der Waals surface area (Å²) in [5.74, 6) is -0.888. The fourth-order valence-electron chi connectivity index (χ4n) is 3.36. The molecular formula is C26H21ClN2O5. The lowest BCUT2D eigenvalue weighted by Gasteiger charge is -2.10. The van der Waals surface area contributed by atoms with Crippen LogP contribution in [0.3, 0.4) is 0 Å². The molecule has 8 heteroatoms. The van der Waals surface area contributed by atoms with Crippen LogP contribution in [0.1, 0.15) is 33.2 Å². The van der Waals surface area contributed by atoms with Crippen molar-refractivity contribution in [2.75, 3.05) is 6.61 Å². The Morgan fingerprint density at radius 2 is 1.82 bits per heavy atom. The Hall–Kier alpha value is -4.10. The van der Waals surface area contributed by atoms with E-state index in [2.05, 4.69) is 10.3 Å². The molecule has 0 aliphatic carbocycles. The summed E-state index contributed by atoms with van der Waals surface area (Å²) >= 11 is 6.04. The number of para-hydroxylation sites is 1. The molecule has 0 radical (unpaired) electrons. The molecule has 1 aromatic heterocycles. The number of nitrogens with one attached hydrogen (secondary N) is 1. The van der Waals surface area contributed by atoms with Crippen molar-refractivity contribution in [1.82, 2.24) is 5.32 Å². The lowest BCUT2D eigenvalue weighted by atomic mass is 10.1. The van der Waals surface area contributed by atoms with Crippen molar-refractivity contribution >= 4 is 40.1 Å². The number of halogens is 1. The zero-order chi connectivity index (χ0) is 24.1. The number of amides is 1. The molecular weight excluding hydrogens is 456 g/mol. The zero-order valence-corrected chi connectivity index (χ0v) is 19.0. The van der Waals surface area contributed by atoms with Gasteiger partial charge in [-0.1, -0.05) is 35.9 Å². The maximum absolute atomic E-state index is 13.1. The number of ether oxygens (including phenoxy) is 1. The number of aromatic carboxylic acids is 1. The Labute approximate surface area is 200 Å². The molecule has 0 bridgehead atoms. The van der Waals surface area contributed by atoms with E-state index in [0.29, 0.717) is 34.0 Å². The summed E-state index contributed by atoms with van der Waals surface area (Å²) in [6.07, 6.45) is 0. The van der Waals surface area contributed by atoms with Crippen LogP contribution in [0.25, 0.3) is 11.0 Å². The predicted molar refractivity (Wildman–Crippen MR) is 129 cm³/mol. The molecule has 0 aliphatic rings. The van der Waals surface area contributed by atoms with Crippen LogP contribution in [0.4, 0.5) is 5.69 Å². The number of carbonyl (C=O) groups is 2. The number of fused-ring (bicyclic) bond motifs is 1. The van der Waals surface area contributed by atoms with Crippen molar-refractivity contribution in [3.8, 4) is 5.75 Å². The lowest BCUT2D eigenvalue weighted by Crippen LogP contribution is -2.28. The monoisotopic (exact) mass is 476 g/mol. The van der Waals surface area contributed by atoms with Gasteiger partial charge >= 0.3 is 5.97 Å². The quantitative estimate of drug-likeness (QED) is 0.374. The number of nitrogens with zero attached hydrogens (tertiary/aromatic N) is 1. The number of carbonyl (C=O) groups excluding carboxylic acids is 1. The minimum absolute atomic E-state index is 0.0753. The normalized spacial score (nSPS) is 11.4. The van der Waals surface area contributed by atoms with Crippen molar-refractivity contribution in [2.45, 2.75) is 13.5 Å². The predicted octanol–water partition coefficient (Wildman–Crippen LogP) is 5.35. The van der Waals surface area contributed by atoms with Crippen LogP contribution in [0.2, 0.25) is 5.02 Å². The third kappa shape index (κ3) is 5.27. The van der Waals surface area contributed by atoms with Gasteiger partial charge in [0.15, 0.2) is 11.3 Å². The number of benzene rings is 3. The fraction of sp³-hybridized carbons (Fsp3) is 0.115. The van der Waals surface area contributed by atoms with Crippen LogP contribution < -0.4 is 15.6 Å². The molecule has 3 aromatic carbocycles. The highest BCUT2D eigenvalue weighted by Gasteiger charge is 2.15. The first kappa shape index (κ1) is 23.1. The van der Waals surface area contributed by atoms with Crippen molar-refractivity contribution in [2.24, 2.45) is 4.99 Å². The molecule has 0 unspecified atom stereocenters. The Morgan fingerprint density at radius 1 is 1.06 bits per heavy atom. The second kappa shape index (κ2) is 10.2. The SMILES string of the molecule is CCOc1cccc2cc(C(=O)NCc3cccc(Cl)c3)c(=Nc3ccc(C(=O)O)cc3)oc12. The molecule has 4 aromatic rings. The van der Waals surface area contributed by atoms with E-state index in [1.165, 1.54) is 12.1 Å². The Bertz CT molecular complexity index is 1430. The van der Waals surface area contributed by atoms with Gasteiger partial charge in [-0.25, -0.2) is 9.79 Å². The van der Waals surface area contributed by atoms with Gasteiger partial charge in [-0.15, -0.1) is 0 Å². The first-order valence-electron chi connectivity index (χ1n) is 10.5. The minimum atomic E-state index is -1.04. The largest absolute Gasteiger partial charge is 0.490 e. The van der Waals surface area contributed by atoms with Gasteiger partial charge in [0, 0.05) is 17.0 Å². The van der Waals surface area contributed by atoms with Crippen LogP contribution in [0, 0.1) is 0 Å². The van der Waals surface area contributed by atoms with E-state index in [1.807, 2.05) is 31.2 Å². The van der Waals surface area contributed by atoms with Crippen LogP contribution in [-0.4, -0.2) is 23.6 Å². The molecule has 0 atom stereocenters. The van der Waals surface area contributed by atoms with Crippen molar-refractivity contribution < 1.29 is 23.8 Å². The highest BCUT2D eigenvalue weighted by molar-refractivity contribution is 6.30. The van der Waals surface area contributed by atoms with Gasteiger partial charge < -0.3 is 19.6 Å². The summed E-state index contributed by atoms with van der Waals surface area (Å²) in [7, 11) is 0. The number of hydrogen-bond donors (Lipinski definition) is 2. The third-order valence-electron chi connectivity index (χ3n) is 4.97. The molecule has 1 heterocycles. The molecule has 4 rings (SSSR count). The van der Waals surface area contributed by atoms with Crippen LogP contribution >= 0.6 is 11.6 Å². The topological polar surface area (TPSA) is 101 Å².